The number of nitrogens with zero attached hydrogens (tertiary/aromatic N) is 1. The van der Waals surface area contributed by atoms with E-state index in [2.05, 4.69) is 194 Å². The van der Waals surface area contributed by atoms with Crippen molar-refractivity contribution in [3.05, 3.63) is 247 Å². The van der Waals surface area contributed by atoms with Crippen molar-refractivity contribution in [2.75, 3.05) is 0 Å². The van der Waals surface area contributed by atoms with E-state index >= 15 is 0 Å². The lowest BCUT2D eigenvalue weighted by Crippen LogP contribution is -2.28. The quantitative estimate of drug-likeness (QED) is 0.168. The van der Waals surface area contributed by atoms with Crippen molar-refractivity contribution in [2.45, 2.75) is 5.41 Å². The van der Waals surface area contributed by atoms with Gasteiger partial charge in [0, 0.05) is 27.5 Å². The van der Waals surface area contributed by atoms with Crippen LogP contribution >= 0.6 is 0 Å². The Bertz CT molecular complexity index is 3560. The van der Waals surface area contributed by atoms with Crippen LogP contribution in [-0.2, 0) is 5.41 Å². The fraction of sp³-hybridized carbons (Fsp3) is 0.0167. The van der Waals surface area contributed by atoms with E-state index in [9.17, 15) is 0 Å². The zero-order chi connectivity index (χ0) is 42.2. The lowest BCUT2D eigenvalue weighted by atomic mass is 9.67. The van der Waals surface area contributed by atoms with Gasteiger partial charge in [0.15, 0.2) is 23.0 Å². The van der Waals surface area contributed by atoms with E-state index in [1.807, 2.05) is 30.3 Å². The number of fused-ring (bicyclic) bond motifs is 8. The maximum Gasteiger partial charge on any atom is 0.177 e. The monoisotopic (exact) mass is 819 g/mol. The summed E-state index contributed by atoms with van der Waals surface area (Å²) in [6, 6.07) is 78.8. The van der Waals surface area contributed by atoms with E-state index in [1.165, 1.54) is 27.8 Å². The van der Waals surface area contributed by atoms with Crippen molar-refractivity contribution in [1.29, 1.82) is 0 Å². The maximum atomic E-state index is 7.00. The van der Waals surface area contributed by atoms with E-state index in [0.717, 1.165) is 72.3 Å². The van der Waals surface area contributed by atoms with Crippen LogP contribution in [0.1, 0.15) is 22.3 Å². The molecule has 11 aromatic rings. The van der Waals surface area contributed by atoms with Crippen molar-refractivity contribution in [2.24, 2.45) is 0 Å². The first kappa shape index (κ1) is 36.2. The molecule has 300 valence electrons. The lowest BCUT2D eigenvalue weighted by molar-refractivity contribution is 0.360. The third kappa shape index (κ3) is 5.59. The standard InChI is InChI=1S/C60H37NO3/c1-4-15-39(16-5-1)52-33-42(41-31-32-48-47-22-11-13-25-54(47)62-56(48)35-41)34-53(61-52)40-29-27-38(28-30-40)45-23-14-26-55-59(45)64-58-37-51-49(36-57(58)63-55)46-21-10-12-24-50(46)60(51,43-17-6-2-7-18-43)44-19-8-3-9-20-44/h1-37H. The van der Waals surface area contributed by atoms with Crippen LogP contribution in [0.5, 0.6) is 23.0 Å². The Labute approximate surface area is 370 Å². The third-order valence-electron chi connectivity index (χ3n) is 13.0. The van der Waals surface area contributed by atoms with Crippen LogP contribution in [0.3, 0.4) is 0 Å². The number of rotatable bonds is 6. The molecule has 4 nitrogen and oxygen atoms in total. The molecule has 1 aliphatic carbocycles. The molecule has 4 heteroatoms. The SMILES string of the molecule is c1ccc(-c2cc(-c3ccc4c(c3)oc3ccccc34)cc(-c3ccc(-c4cccc5c4Oc4cc6c(cc4O5)-c4ccccc4C6(c4ccccc4)c4ccccc4)cc3)n2)cc1. The van der Waals surface area contributed by atoms with E-state index in [-0.39, 0.29) is 0 Å². The maximum absolute atomic E-state index is 7.00. The highest BCUT2D eigenvalue weighted by molar-refractivity contribution is 6.06. The first-order valence-electron chi connectivity index (χ1n) is 21.7. The molecule has 0 N–H and O–H groups in total. The molecule has 0 fully saturated rings. The normalized spacial score (nSPS) is 13.1. The van der Waals surface area contributed by atoms with Gasteiger partial charge in [0.25, 0.3) is 0 Å². The van der Waals surface area contributed by atoms with E-state index in [0.29, 0.717) is 23.0 Å². The van der Waals surface area contributed by atoms with Gasteiger partial charge in [-0.15, -0.1) is 0 Å². The Kier molecular flexibility index (Phi) is 8.09. The topological polar surface area (TPSA) is 44.5 Å². The van der Waals surface area contributed by atoms with Gasteiger partial charge in [0.1, 0.15) is 11.2 Å². The summed E-state index contributed by atoms with van der Waals surface area (Å²) in [7, 11) is 0. The predicted octanol–water partition coefficient (Wildman–Crippen LogP) is 15.9. The summed E-state index contributed by atoms with van der Waals surface area (Å²) < 4.78 is 20.1. The number of ether oxygens (including phenoxy) is 2. The van der Waals surface area contributed by atoms with Crippen LogP contribution in [0.2, 0.25) is 0 Å². The molecule has 0 spiro atoms. The van der Waals surface area contributed by atoms with Crippen molar-refractivity contribution in [1.82, 2.24) is 4.98 Å². The predicted molar refractivity (Wildman–Crippen MR) is 257 cm³/mol. The molecule has 0 saturated carbocycles. The second kappa shape index (κ2) is 14.3. The molecule has 2 aromatic heterocycles. The van der Waals surface area contributed by atoms with Crippen molar-refractivity contribution in [3.63, 3.8) is 0 Å². The van der Waals surface area contributed by atoms with Crippen LogP contribution < -0.4 is 9.47 Å². The fourth-order valence-electron chi connectivity index (χ4n) is 10.1. The minimum Gasteiger partial charge on any atom is -0.456 e. The van der Waals surface area contributed by atoms with Gasteiger partial charge in [0.2, 0.25) is 0 Å². The molecule has 1 aliphatic heterocycles. The molecule has 3 heterocycles. The molecule has 2 aliphatic rings. The zero-order valence-electron chi connectivity index (χ0n) is 34.5. The number of benzene rings is 9. The molecule has 0 bridgehead atoms. The van der Waals surface area contributed by atoms with Crippen molar-refractivity contribution < 1.29 is 13.9 Å². The number of pyridine rings is 1. The van der Waals surface area contributed by atoms with Gasteiger partial charge in [0.05, 0.1) is 16.8 Å². The van der Waals surface area contributed by atoms with Crippen LogP contribution in [0.15, 0.2) is 229 Å². The van der Waals surface area contributed by atoms with Crippen LogP contribution in [0, 0.1) is 0 Å². The highest BCUT2D eigenvalue weighted by Gasteiger charge is 2.47. The second-order valence-electron chi connectivity index (χ2n) is 16.6. The van der Waals surface area contributed by atoms with Gasteiger partial charge in [-0.25, -0.2) is 4.98 Å². The smallest absolute Gasteiger partial charge is 0.177 e. The summed E-state index contributed by atoms with van der Waals surface area (Å²) in [6.45, 7) is 0. The van der Waals surface area contributed by atoms with Gasteiger partial charge >= 0.3 is 0 Å². The zero-order valence-corrected chi connectivity index (χ0v) is 34.5. The summed E-state index contributed by atoms with van der Waals surface area (Å²) in [5.41, 5.74) is 16.3. The van der Waals surface area contributed by atoms with Crippen molar-refractivity contribution in [3.8, 4) is 78.9 Å². The molecule has 13 rings (SSSR count). The Morgan fingerprint density at radius 1 is 0.328 bits per heavy atom. The first-order valence-corrected chi connectivity index (χ1v) is 21.7. The van der Waals surface area contributed by atoms with Gasteiger partial charge in [-0.3, -0.25) is 0 Å². The van der Waals surface area contributed by atoms with E-state index in [1.54, 1.807) is 0 Å². The highest BCUT2D eigenvalue weighted by atomic mass is 16.6. The molecular formula is C60H37NO3. The molecule has 0 amide bonds. The average Bonchev–Trinajstić information content (AvgIpc) is 3.88. The Balaban J connectivity index is 0.888. The van der Waals surface area contributed by atoms with Gasteiger partial charge in [-0.05, 0) is 98.6 Å². The molecule has 9 aromatic carbocycles. The van der Waals surface area contributed by atoms with Crippen LogP contribution in [0.4, 0.5) is 0 Å². The molecule has 64 heavy (non-hydrogen) atoms. The third-order valence-corrected chi connectivity index (χ3v) is 13.0. The molecule has 0 unspecified atom stereocenters. The molecule has 0 radical (unpaired) electrons. The van der Waals surface area contributed by atoms with E-state index < -0.39 is 5.41 Å². The van der Waals surface area contributed by atoms with Crippen LogP contribution in [-0.4, -0.2) is 4.98 Å². The minimum absolute atomic E-state index is 0.547. The summed E-state index contributed by atoms with van der Waals surface area (Å²) in [4.78, 5) is 5.22. The summed E-state index contributed by atoms with van der Waals surface area (Å²) in [5, 5.41) is 2.23. The number of hydrogen-bond acceptors (Lipinski definition) is 4. The van der Waals surface area contributed by atoms with Gasteiger partial charge < -0.3 is 13.9 Å². The largest absolute Gasteiger partial charge is 0.456 e. The Morgan fingerprint density at radius 2 is 0.922 bits per heavy atom. The summed E-state index contributed by atoms with van der Waals surface area (Å²) in [6.07, 6.45) is 0. The average molecular weight is 820 g/mol. The molecule has 0 saturated heterocycles. The fourth-order valence-corrected chi connectivity index (χ4v) is 10.1. The van der Waals surface area contributed by atoms with Crippen molar-refractivity contribution >= 4 is 21.9 Å². The van der Waals surface area contributed by atoms with Gasteiger partial charge in [-0.1, -0.05) is 176 Å². The minimum atomic E-state index is -0.547. The number of para-hydroxylation sites is 2. The Hall–Kier alpha value is -8.47. The summed E-state index contributed by atoms with van der Waals surface area (Å²) in [5.74, 6) is 2.76. The molecular weight excluding hydrogens is 783 g/mol. The number of aromatic nitrogens is 1. The van der Waals surface area contributed by atoms with E-state index in [4.69, 9.17) is 18.9 Å². The summed E-state index contributed by atoms with van der Waals surface area (Å²) >= 11 is 0. The Morgan fingerprint density at radius 3 is 1.69 bits per heavy atom. The number of furan rings is 1. The first-order chi connectivity index (χ1) is 31.7. The lowest BCUT2D eigenvalue weighted by Gasteiger charge is -2.34. The van der Waals surface area contributed by atoms with Crippen LogP contribution in [0.25, 0.3) is 77.8 Å². The highest BCUT2D eigenvalue weighted by Crippen LogP contribution is 2.60. The second-order valence-corrected chi connectivity index (χ2v) is 16.6. The molecule has 0 atom stereocenters. The van der Waals surface area contributed by atoms with Gasteiger partial charge in [-0.2, -0.15) is 0 Å². The number of hydrogen-bond donors (Lipinski definition) is 0.